The molecule has 1 aliphatic rings. The van der Waals surface area contributed by atoms with Gasteiger partial charge < -0.3 is 19.9 Å². The number of thioether (sulfide) groups is 1. The van der Waals surface area contributed by atoms with Crippen LogP contribution >= 0.6 is 11.8 Å². The normalized spacial score (nSPS) is 27.3. The quantitative estimate of drug-likeness (QED) is 0.665. The summed E-state index contributed by atoms with van der Waals surface area (Å²) in [6.45, 7) is 3.50. The SMILES string of the molecule is COCC(C)OCC(O)CNC1CCCC1SC. The van der Waals surface area contributed by atoms with Crippen molar-refractivity contribution >= 4 is 11.8 Å². The van der Waals surface area contributed by atoms with E-state index in [1.807, 2.05) is 18.7 Å². The Bertz CT molecular complexity index is 218. The molecule has 4 atom stereocenters. The summed E-state index contributed by atoms with van der Waals surface area (Å²) < 4.78 is 10.5. The Kier molecular flexibility index (Phi) is 8.26. The van der Waals surface area contributed by atoms with E-state index in [1.54, 1.807) is 7.11 Å². The number of rotatable bonds is 9. The second-order valence-corrected chi connectivity index (χ2v) is 6.05. The molecule has 1 fully saturated rings. The largest absolute Gasteiger partial charge is 0.389 e. The van der Waals surface area contributed by atoms with Gasteiger partial charge in [-0.1, -0.05) is 6.42 Å². The van der Waals surface area contributed by atoms with E-state index in [2.05, 4.69) is 11.6 Å². The van der Waals surface area contributed by atoms with E-state index in [4.69, 9.17) is 9.47 Å². The number of methoxy groups -OCH3 is 1. The van der Waals surface area contributed by atoms with E-state index in [0.717, 1.165) is 0 Å². The molecule has 18 heavy (non-hydrogen) atoms. The van der Waals surface area contributed by atoms with Gasteiger partial charge in [-0.3, -0.25) is 0 Å². The van der Waals surface area contributed by atoms with Crippen LogP contribution in [0.2, 0.25) is 0 Å². The predicted molar refractivity (Wildman–Crippen MR) is 76.2 cm³/mol. The first-order chi connectivity index (χ1) is 8.67. The molecular weight excluding hydrogens is 250 g/mol. The minimum Gasteiger partial charge on any atom is -0.389 e. The highest BCUT2D eigenvalue weighted by molar-refractivity contribution is 7.99. The van der Waals surface area contributed by atoms with Crippen molar-refractivity contribution in [1.29, 1.82) is 0 Å². The summed E-state index contributed by atoms with van der Waals surface area (Å²) in [7, 11) is 1.65. The highest BCUT2D eigenvalue weighted by Crippen LogP contribution is 2.28. The molecule has 0 radical (unpaired) electrons. The van der Waals surface area contributed by atoms with Crippen molar-refractivity contribution < 1.29 is 14.6 Å². The van der Waals surface area contributed by atoms with Gasteiger partial charge in [0.2, 0.25) is 0 Å². The fourth-order valence-electron chi connectivity index (χ4n) is 2.35. The van der Waals surface area contributed by atoms with E-state index in [0.29, 0.717) is 31.1 Å². The molecule has 0 spiro atoms. The molecule has 1 rings (SSSR count). The molecule has 0 bridgehead atoms. The molecule has 5 heteroatoms. The van der Waals surface area contributed by atoms with Gasteiger partial charge in [0.05, 0.1) is 25.4 Å². The highest BCUT2D eigenvalue weighted by Gasteiger charge is 2.26. The van der Waals surface area contributed by atoms with Crippen LogP contribution in [-0.4, -0.2) is 61.7 Å². The van der Waals surface area contributed by atoms with Gasteiger partial charge in [0, 0.05) is 24.9 Å². The zero-order valence-corrected chi connectivity index (χ0v) is 12.5. The third-order valence-corrected chi connectivity index (χ3v) is 4.52. The van der Waals surface area contributed by atoms with Crippen LogP contribution in [0, 0.1) is 0 Å². The van der Waals surface area contributed by atoms with Crippen LogP contribution in [-0.2, 0) is 9.47 Å². The topological polar surface area (TPSA) is 50.7 Å². The maximum atomic E-state index is 9.85. The van der Waals surface area contributed by atoms with Crippen molar-refractivity contribution in [3.05, 3.63) is 0 Å². The maximum Gasteiger partial charge on any atom is 0.0897 e. The molecule has 0 aromatic heterocycles. The molecule has 0 aromatic rings. The van der Waals surface area contributed by atoms with Crippen LogP contribution in [0.25, 0.3) is 0 Å². The molecule has 1 aliphatic carbocycles. The molecular formula is C13H27NO3S. The number of ether oxygens (including phenoxy) is 2. The van der Waals surface area contributed by atoms with Gasteiger partial charge in [-0.05, 0) is 26.0 Å². The first kappa shape index (κ1) is 16.2. The lowest BCUT2D eigenvalue weighted by Gasteiger charge is -2.22. The Hall–Kier alpha value is 0.190. The molecule has 4 unspecified atom stereocenters. The number of hydrogen-bond acceptors (Lipinski definition) is 5. The van der Waals surface area contributed by atoms with Gasteiger partial charge in [-0.25, -0.2) is 0 Å². The molecule has 2 N–H and O–H groups in total. The average Bonchev–Trinajstić information content (AvgIpc) is 2.81. The van der Waals surface area contributed by atoms with Gasteiger partial charge >= 0.3 is 0 Å². The van der Waals surface area contributed by atoms with Gasteiger partial charge in [0.15, 0.2) is 0 Å². The molecule has 0 aromatic carbocycles. The number of hydrogen-bond donors (Lipinski definition) is 2. The molecule has 1 saturated carbocycles. The molecule has 0 saturated heterocycles. The van der Waals surface area contributed by atoms with E-state index in [1.165, 1.54) is 19.3 Å². The molecule has 0 aliphatic heterocycles. The van der Waals surface area contributed by atoms with E-state index < -0.39 is 6.10 Å². The van der Waals surface area contributed by atoms with Gasteiger partial charge in [0.25, 0.3) is 0 Å². The first-order valence-electron chi connectivity index (χ1n) is 6.72. The Balaban J connectivity index is 2.11. The zero-order valence-electron chi connectivity index (χ0n) is 11.7. The minimum atomic E-state index is -0.438. The van der Waals surface area contributed by atoms with Crippen molar-refractivity contribution in [2.45, 2.75) is 49.7 Å². The monoisotopic (exact) mass is 277 g/mol. The number of nitrogens with one attached hydrogen (secondary N) is 1. The van der Waals surface area contributed by atoms with Crippen molar-refractivity contribution in [2.75, 3.05) is 33.1 Å². The summed E-state index contributed by atoms with van der Waals surface area (Å²) in [5.74, 6) is 0. The lowest BCUT2D eigenvalue weighted by atomic mass is 10.2. The molecule has 0 amide bonds. The van der Waals surface area contributed by atoms with Crippen molar-refractivity contribution in [2.24, 2.45) is 0 Å². The van der Waals surface area contributed by atoms with Crippen LogP contribution in [0.15, 0.2) is 0 Å². The van der Waals surface area contributed by atoms with E-state index in [9.17, 15) is 5.11 Å². The van der Waals surface area contributed by atoms with Gasteiger partial charge in [-0.15, -0.1) is 0 Å². The van der Waals surface area contributed by atoms with E-state index >= 15 is 0 Å². The fourth-order valence-corrected chi connectivity index (χ4v) is 3.31. The highest BCUT2D eigenvalue weighted by atomic mass is 32.2. The molecule has 108 valence electrons. The minimum absolute atomic E-state index is 0.0371. The van der Waals surface area contributed by atoms with Gasteiger partial charge in [0.1, 0.15) is 0 Å². The summed E-state index contributed by atoms with van der Waals surface area (Å²) in [4.78, 5) is 0. The van der Waals surface area contributed by atoms with Gasteiger partial charge in [-0.2, -0.15) is 11.8 Å². The van der Waals surface area contributed by atoms with Crippen molar-refractivity contribution in [3.63, 3.8) is 0 Å². The predicted octanol–water partition coefficient (Wildman–Crippen LogP) is 1.27. The van der Waals surface area contributed by atoms with Crippen LogP contribution in [0.3, 0.4) is 0 Å². The Morgan fingerprint density at radius 2 is 2.17 bits per heavy atom. The van der Waals surface area contributed by atoms with Crippen LogP contribution in [0.5, 0.6) is 0 Å². The second kappa shape index (κ2) is 9.15. The fraction of sp³-hybridized carbons (Fsp3) is 1.00. The van der Waals surface area contributed by atoms with Crippen LogP contribution < -0.4 is 5.32 Å². The summed E-state index contributed by atoms with van der Waals surface area (Å²) in [5, 5.41) is 14.0. The van der Waals surface area contributed by atoms with Crippen molar-refractivity contribution in [1.82, 2.24) is 5.32 Å². The Morgan fingerprint density at radius 1 is 1.39 bits per heavy atom. The number of aliphatic hydroxyl groups is 1. The summed E-state index contributed by atoms with van der Waals surface area (Å²) >= 11 is 1.93. The summed E-state index contributed by atoms with van der Waals surface area (Å²) in [6.07, 6.45) is 5.56. The lowest BCUT2D eigenvalue weighted by molar-refractivity contribution is -0.0315. The van der Waals surface area contributed by atoms with Crippen LogP contribution in [0.1, 0.15) is 26.2 Å². The Morgan fingerprint density at radius 3 is 2.83 bits per heavy atom. The average molecular weight is 277 g/mol. The third kappa shape index (κ3) is 5.89. The maximum absolute atomic E-state index is 9.85. The lowest BCUT2D eigenvalue weighted by Crippen LogP contribution is -2.40. The molecule has 4 nitrogen and oxygen atoms in total. The Labute approximate surface area is 115 Å². The van der Waals surface area contributed by atoms with Crippen molar-refractivity contribution in [3.8, 4) is 0 Å². The summed E-state index contributed by atoms with van der Waals surface area (Å²) in [5.41, 5.74) is 0. The number of aliphatic hydroxyl groups excluding tert-OH is 1. The molecule has 0 heterocycles. The third-order valence-electron chi connectivity index (χ3n) is 3.35. The van der Waals surface area contributed by atoms with E-state index in [-0.39, 0.29) is 6.10 Å². The smallest absolute Gasteiger partial charge is 0.0897 e. The first-order valence-corrected chi connectivity index (χ1v) is 8.01. The summed E-state index contributed by atoms with van der Waals surface area (Å²) in [6, 6.07) is 0.547. The zero-order chi connectivity index (χ0) is 13.4. The van der Waals surface area contributed by atoms with Crippen LogP contribution in [0.4, 0.5) is 0 Å². The standard InChI is InChI=1S/C13H27NO3S/c1-10(8-16-2)17-9-11(15)7-14-12-5-4-6-13(12)18-3/h10-15H,4-9H2,1-3H3. The second-order valence-electron chi connectivity index (χ2n) is 4.97.